The fourth-order valence-electron chi connectivity index (χ4n) is 1.20. The maximum Gasteiger partial charge on any atom is 0.258 e. The number of nitrogens with one attached hydrogen (secondary N) is 2. The molecule has 0 bridgehead atoms. The highest BCUT2D eigenvalue weighted by atomic mass is 35.5. The van der Waals surface area contributed by atoms with Gasteiger partial charge in [0.15, 0.2) is 0 Å². The molecule has 6 heteroatoms. The molecule has 0 unspecified atom stereocenters. The molecule has 0 atom stereocenters. The summed E-state index contributed by atoms with van der Waals surface area (Å²) in [6.45, 7) is 0. The quantitative estimate of drug-likeness (QED) is 0.748. The minimum absolute atomic E-state index is 0.0147. The van der Waals surface area contributed by atoms with E-state index in [-0.39, 0.29) is 16.3 Å². The molecule has 0 saturated carbocycles. The highest BCUT2D eigenvalue weighted by molar-refractivity contribution is 6.34. The zero-order chi connectivity index (χ0) is 11.5. The Balaban J connectivity index is 2.24. The highest BCUT2D eigenvalue weighted by Gasteiger charge is 2.11. The van der Waals surface area contributed by atoms with E-state index >= 15 is 0 Å². The summed E-state index contributed by atoms with van der Waals surface area (Å²) in [5.74, 6) is 0.0359. The smallest absolute Gasteiger partial charge is 0.258 e. The molecule has 2 rings (SSSR count). The Morgan fingerprint density at radius 1 is 1.44 bits per heavy atom. The van der Waals surface area contributed by atoms with Crippen molar-refractivity contribution < 1.29 is 9.90 Å². The van der Waals surface area contributed by atoms with Gasteiger partial charge in [0, 0.05) is 6.07 Å². The number of aromatic hydroxyl groups is 1. The average Bonchev–Trinajstić information content (AvgIpc) is 2.74. The molecule has 0 saturated heterocycles. The summed E-state index contributed by atoms with van der Waals surface area (Å²) in [4.78, 5) is 11.7. The van der Waals surface area contributed by atoms with Gasteiger partial charge < -0.3 is 10.4 Å². The molecular formula is C10H8ClN3O2. The summed E-state index contributed by atoms with van der Waals surface area (Å²) < 4.78 is 0. The second-order valence-corrected chi connectivity index (χ2v) is 3.50. The van der Waals surface area contributed by atoms with Gasteiger partial charge in [-0.2, -0.15) is 5.10 Å². The van der Waals surface area contributed by atoms with Crippen molar-refractivity contribution in [1.29, 1.82) is 0 Å². The zero-order valence-electron chi connectivity index (χ0n) is 8.07. The van der Waals surface area contributed by atoms with Crippen molar-refractivity contribution in [3.05, 3.63) is 41.0 Å². The van der Waals surface area contributed by atoms with Crippen LogP contribution < -0.4 is 5.32 Å². The van der Waals surface area contributed by atoms with Crippen LogP contribution in [0.5, 0.6) is 5.75 Å². The number of carbonyl (C=O) groups excluding carboxylic acids is 1. The number of phenolic OH excluding ortho intramolecular Hbond substituents is 1. The molecule has 2 aromatic rings. The average molecular weight is 238 g/mol. The summed E-state index contributed by atoms with van der Waals surface area (Å²) in [7, 11) is 0. The number of anilines is 1. The molecule has 0 fully saturated rings. The standard InChI is InChI=1S/C10H8ClN3O2/c11-8-2-1-6(15)5-7(8)10(16)13-9-3-4-12-14-9/h1-5,15H,(H2,12,13,14,16). The van der Waals surface area contributed by atoms with Gasteiger partial charge in [-0.25, -0.2) is 0 Å². The van der Waals surface area contributed by atoms with Gasteiger partial charge in [-0.3, -0.25) is 9.89 Å². The Kier molecular flexibility index (Phi) is 2.78. The molecule has 1 heterocycles. The number of halogens is 1. The lowest BCUT2D eigenvalue weighted by atomic mass is 10.2. The number of amides is 1. The van der Waals surface area contributed by atoms with Crippen LogP contribution in [0.1, 0.15) is 10.4 Å². The second kappa shape index (κ2) is 4.24. The number of aromatic nitrogens is 2. The lowest BCUT2D eigenvalue weighted by Crippen LogP contribution is -2.12. The van der Waals surface area contributed by atoms with Gasteiger partial charge in [-0.15, -0.1) is 0 Å². The molecule has 0 aliphatic carbocycles. The number of hydrogen-bond acceptors (Lipinski definition) is 3. The van der Waals surface area contributed by atoms with E-state index in [0.717, 1.165) is 0 Å². The van der Waals surface area contributed by atoms with Gasteiger partial charge in [0.2, 0.25) is 0 Å². The fourth-order valence-corrected chi connectivity index (χ4v) is 1.41. The molecule has 0 spiro atoms. The number of hydrogen-bond donors (Lipinski definition) is 3. The minimum atomic E-state index is -0.412. The van der Waals surface area contributed by atoms with Crippen LogP contribution in [0.25, 0.3) is 0 Å². The lowest BCUT2D eigenvalue weighted by Gasteiger charge is -2.04. The third kappa shape index (κ3) is 2.14. The number of benzene rings is 1. The van der Waals surface area contributed by atoms with Crippen molar-refractivity contribution in [3.63, 3.8) is 0 Å². The summed E-state index contributed by atoms with van der Waals surface area (Å²) in [6.07, 6.45) is 1.51. The van der Waals surface area contributed by atoms with E-state index in [0.29, 0.717) is 5.82 Å². The third-order valence-electron chi connectivity index (χ3n) is 1.94. The Morgan fingerprint density at radius 2 is 2.25 bits per heavy atom. The Morgan fingerprint density at radius 3 is 2.94 bits per heavy atom. The van der Waals surface area contributed by atoms with E-state index in [4.69, 9.17) is 11.6 Å². The van der Waals surface area contributed by atoms with E-state index in [1.807, 2.05) is 0 Å². The van der Waals surface area contributed by atoms with Crippen LogP contribution in [-0.2, 0) is 0 Å². The number of carbonyl (C=O) groups is 1. The molecule has 1 aromatic carbocycles. The Bertz CT molecular complexity index is 511. The first-order valence-electron chi connectivity index (χ1n) is 4.46. The van der Waals surface area contributed by atoms with E-state index in [1.165, 1.54) is 24.4 Å². The fraction of sp³-hybridized carbons (Fsp3) is 0. The maximum atomic E-state index is 11.7. The van der Waals surface area contributed by atoms with Crippen LogP contribution in [0.15, 0.2) is 30.5 Å². The van der Waals surface area contributed by atoms with E-state index in [1.54, 1.807) is 6.07 Å². The van der Waals surface area contributed by atoms with Crippen LogP contribution in [0.2, 0.25) is 5.02 Å². The molecule has 1 aromatic heterocycles. The Hall–Kier alpha value is -2.01. The molecular weight excluding hydrogens is 230 g/mol. The second-order valence-electron chi connectivity index (χ2n) is 3.09. The monoisotopic (exact) mass is 237 g/mol. The third-order valence-corrected chi connectivity index (χ3v) is 2.27. The molecule has 82 valence electrons. The summed E-state index contributed by atoms with van der Waals surface area (Å²) in [5, 5.41) is 18.4. The first-order chi connectivity index (χ1) is 7.66. The summed E-state index contributed by atoms with van der Waals surface area (Å²) in [6, 6.07) is 5.77. The van der Waals surface area contributed by atoms with Crippen LogP contribution in [0.3, 0.4) is 0 Å². The topological polar surface area (TPSA) is 78.0 Å². The van der Waals surface area contributed by atoms with Gasteiger partial charge >= 0.3 is 0 Å². The van der Waals surface area contributed by atoms with Crippen molar-refractivity contribution in [3.8, 4) is 5.75 Å². The largest absolute Gasteiger partial charge is 0.508 e. The predicted octanol–water partition coefficient (Wildman–Crippen LogP) is 2.02. The van der Waals surface area contributed by atoms with Gasteiger partial charge in [0.25, 0.3) is 5.91 Å². The number of nitrogens with zero attached hydrogens (tertiary/aromatic N) is 1. The number of aromatic amines is 1. The van der Waals surface area contributed by atoms with Gasteiger partial charge in [-0.1, -0.05) is 11.6 Å². The van der Waals surface area contributed by atoms with Gasteiger partial charge in [-0.05, 0) is 18.2 Å². The number of H-pyrrole nitrogens is 1. The van der Waals surface area contributed by atoms with E-state index < -0.39 is 5.91 Å². The normalized spacial score (nSPS) is 10.1. The highest BCUT2D eigenvalue weighted by Crippen LogP contribution is 2.21. The molecule has 0 aliphatic heterocycles. The SMILES string of the molecule is O=C(Nc1ccn[nH]1)c1cc(O)ccc1Cl. The lowest BCUT2D eigenvalue weighted by molar-refractivity contribution is 0.102. The molecule has 3 N–H and O–H groups in total. The zero-order valence-corrected chi connectivity index (χ0v) is 8.82. The van der Waals surface area contributed by atoms with Crippen molar-refractivity contribution >= 4 is 23.3 Å². The van der Waals surface area contributed by atoms with Crippen LogP contribution >= 0.6 is 11.6 Å². The predicted molar refractivity (Wildman–Crippen MR) is 59.7 cm³/mol. The van der Waals surface area contributed by atoms with Crippen LogP contribution in [-0.4, -0.2) is 21.2 Å². The molecule has 5 nitrogen and oxygen atoms in total. The molecule has 1 amide bonds. The molecule has 0 radical (unpaired) electrons. The maximum absolute atomic E-state index is 11.7. The van der Waals surface area contributed by atoms with Crippen LogP contribution in [0, 0.1) is 0 Å². The van der Waals surface area contributed by atoms with Crippen LogP contribution in [0.4, 0.5) is 5.82 Å². The summed E-state index contributed by atoms with van der Waals surface area (Å²) >= 11 is 5.83. The van der Waals surface area contributed by atoms with Crippen molar-refractivity contribution in [2.24, 2.45) is 0 Å². The van der Waals surface area contributed by atoms with Gasteiger partial charge in [0.05, 0.1) is 16.8 Å². The molecule has 16 heavy (non-hydrogen) atoms. The first kappa shape index (κ1) is 10.5. The van der Waals surface area contributed by atoms with E-state index in [9.17, 15) is 9.90 Å². The number of rotatable bonds is 2. The Labute approximate surface area is 96.1 Å². The first-order valence-corrected chi connectivity index (χ1v) is 4.84. The minimum Gasteiger partial charge on any atom is -0.508 e. The molecule has 0 aliphatic rings. The number of phenols is 1. The van der Waals surface area contributed by atoms with Crippen molar-refractivity contribution in [2.75, 3.05) is 5.32 Å². The van der Waals surface area contributed by atoms with Gasteiger partial charge in [0.1, 0.15) is 11.6 Å². The van der Waals surface area contributed by atoms with Crippen molar-refractivity contribution in [1.82, 2.24) is 10.2 Å². The summed E-state index contributed by atoms with van der Waals surface area (Å²) in [5.41, 5.74) is 0.205. The van der Waals surface area contributed by atoms with E-state index in [2.05, 4.69) is 15.5 Å². The van der Waals surface area contributed by atoms with Crippen molar-refractivity contribution in [2.45, 2.75) is 0 Å².